The number of nitrogens with one attached hydrogen (secondary N) is 1. The summed E-state index contributed by atoms with van der Waals surface area (Å²) in [5, 5.41) is 6.70. The molecule has 0 spiro atoms. The van der Waals surface area contributed by atoms with Gasteiger partial charge in [0.15, 0.2) is 0 Å². The predicted octanol–water partition coefficient (Wildman–Crippen LogP) is 3.93. The Kier molecular flexibility index (Phi) is 8.94. The second-order valence-corrected chi connectivity index (χ2v) is 7.19. The van der Waals surface area contributed by atoms with E-state index in [2.05, 4.69) is 58.6 Å². The highest BCUT2D eigenvalue weighted by Gasteiger charge is 2.07. The summed E-state index contributed by atoms with van der Waals surface area (Å²) in [5.74, 6) is -0.265. The number of carbonyl (C=O) groups excluding carboxylic acids is 1. The molecule has 6 nitrogen and oxygen atoms in total. The number of esters is 1. The third-order valence-corrected chi connectivity index (χ3v) is 4.68. The molecular weight excluding hydrogens is 360 g/mol. The fourth-order valence-corrected chi connectivity index (χ4v) is 3.15. The van der Waals surface area contributed by atoms with Crippen molar-refractivity contribution in [2.24, 2.45) is 5.10 Å². The lowest BCUT2D eigenvalue weighted by molar-refractivity contribution is -0.142. The first-order valence-corrected chi connectivity index (χ1v) is 10.1. The van der Waals surface area contributed by atoms with Gasteiger partial charge in [-0.3, -0.25) is 10.2 Å². The van der Waals surface area contributed by atoms with E-state index in [-0.39, 0.29) is 12.4 Å². The van der Waals surface area contributed by atoms with Gasteiger partial charge in [0.2, 0.25) is 5.13 Å². The molecule has 2 aromatic rings. The predicted molar refractivity (Wildman–Crippen MR) is 111 cm³/mol. The van der Waals surface area contributed by atoms with Crippen LogP contribution in [-0.4, -0.2) is 42.3 Å². The number of carbonyl (C=O) groups is 1. The summed E-state index contributed by atoms with van der Waals surface area (Å²) in [4.78, 5) is 18.1. The number of hydrogen-bond donors (Lipinski definition) is 1. The van der Waals surface area contributed by atoms with E-state index in [1.165, 1.54) is 29.7 Å². The monoisotopic (exact) mass is 388 g/mol. The summed E-state index contributed by atoms with van der Waals surface area (Å²) >= 11 is 1.41. The Morgan fingerprint density at radius 2 is 2.11 bits per heavy atom. The molecule has 0 amide bonds. The molecule has 27 heavy (non-hydrogen) atoms. The molecule has 1 heterocycles. The molecular formula is C20H28N4O2S. The van der Waals surface area contributed by atoms with Gasteiger partial charge in [-0.2, -0.15) is 5.10 Å². The molecule has 0 aliphatic carbocycles. The van der Waals surface area contributed by atoms with Gasteiger partial charge in [0, 0.05) is 11.9 Å². The second-order valence-electron chi connectivity index (χ2n) is 6.33. The molecule has 0 unspecified atom stereocenters. The number of rotatable bonds is 11. The minimum absolute atomic E-state index is 0.184. The normalized spacial score (nSPS) is 11.3. The average Bonchev–Trinajstić information content (AvgIpc) is 3.09. The Morgan fingerprint density at radius 3 is 2.81 bits per heavy atom. The van der Waals surface area contributed by atoms with Crippen molar-refractivity contribution in [2.75, 3.05) is 25.6 Å². The Morgan fingerprint density at radius 1 is 1.33 bits per heavy atom. The quantitative estimate of drug-likeness (QED) is 0.359. The zero-order chi connectivity index (χ0) is 19.5. The van der Waals surface area contributed by atoms with Gasteiger partial charge >= 0.3 is 5.97 Å². The minimum atomic E-state index is -0.265. The maximum Gasteiger partial charge on any atom is 0.311 e. The van der Waals surface area contributed by atoms with Crippen molar-refractivity contribution in [2.45, 2.75) is 39.7 Å². The molecule has 0 radical (unpaired) electrons. The Labute approximate surface area is 165 Å². The van der Waals surface area contributed by atoms with E-state index in [4.69, 9.17) is 4.74 Å². The minimum Gasteiger partial charge on any atom is -0.466 e. The number of aromatic nitrogens is 1. The van der Waals surface area contributed by atoms with Gasteiger partial charge < -0.3 is 9.64 Å². The number of benzene rings is 1. The van der Waals surface area contributed by atoms with E-state index in [1.54, 1.807) is 13.1 Å². The maximum absolute atomic E-state index is 11.5. The third kappa shape index (κ3) is 7.88. The lowest BCUT2D eigenvalue weighted by Crippen LogP contribution is -2.18. The number of hydrogen-bond acceptors (Lipinski definition) is 7. The van der Waals surface area contributed by atoms with Crippen LogP contribution < -0.4 is 5.43 Å². The number of unbranched alkanes of at least 4 members (excludes halogenated alkanes) is 1. The third-order valence-electron chi connectivity index (χ3n) is 3.88. The summed E-state index contributed by atoms with van der Waals surface area (Å²) < 4.78 is 4.92. The van der Waals surface area contributed by atoms with Gasteiger partial charge in [-0.05, 0) is 38.1 Å². The lowest BCUT2D eigenvalue weighted by atomic mass is 10.1. The van der Waals surface area contributed by atoms with E-state index >= 15 is 0 Å². The van der Waals surface area contributed by atoms with Crippen LogP contribution in [0.5, 0.6) is 0 Å². The van der Waals surface area contributed by atoms with E-state index in [0.717, 1.165) is 18.7 Å². The Bertz CT molecular complexity index is 728. The largest absolute Gasteiger partial charge is 0.466 e. The average molecular weight is 389 g/mol. The molecule has 7 heteroatoms. The first kappa shape index (κ1) is 21.1. The molecule has 0 saturated carbocycles. The summed E-state index contributed by atoms with van der Waals surface area (Å²) in [6.07, 6.45) is 4.39. The molecule has 0 aliphatic rings. The number of hydrazone groups is 1. The van der Waals surface area contributed by atoms with Crippen LogP contribution in [0.1, 0.15) is 43.5 Å². The Hall–Kier alpha value is -2.25. The van der Waals surface area contributed by atoms with E-state index in [9.17, 15) is 4.79 Å². The topological polar surface area (TPSA) is 66.8 Å². The second kappa shape index (κ2) is 11.5. The van der Waals surface area contributed by atoms with Crippen molar-refractivity contribution in [3.8, 4) is 0 Å². The van der Waals surface area contributed by atoms with Crippen LogP contribution in [0.25, 0.3) is 0 Å². The van der Waals surface area contributed by atoms with Crippen molar-refractivity contribution in [1.82, 2.24) is 9.88 Å². The fourth-order valence-electron chi connectivity index (χ4n) is 2.49. The lowest BCUT2D eigenvalue weighted by Gasteiger charge is -2.16. The van der Waals surface area contributed by atoms with Crippen molar-refractivity contribution in [1.29, 1.82) is 0 Å². The van der Waals surface area contributed by atoms with Crippen molar-refractivity contribution in [3.05, 3.63) is 46.5 Å². The molecule has 0 atom stereocenters. The van der Waals surface area contributed by atoms with Crippen molar-refractivity contribution < 1.29 is 9.53 Å². The molecule has 1 N–H and O–H groups in total. The number of ether oxygens (including phenoxy) is 1. The Balaban J connectivity index is 1.80. The van der Waals surface area contributed by atoms with Crippen LogP contribution in [-0.2, 0) is 22.5 Å². The van der Waals surface area contributed by atoms with Gasteiger partial charge in [0.25, 0.3) is 0 Å². The van der Waals surface area contributed by atoms with Crippen LogP contribution in [0.4, 0.5) is 5.13 Å². The fraction of sp³-hybridized carbons (Fsp3) is 0.450. The van der Waals surface area contributed by atoms with E-state index in [1.807, 2.05) is 5.38 Å². The first-order valence-electron chi connectivity index (χ1n) is 9.27. The molecule has 2 rings (SSSR count). The maximum atomic E-state index is 11.5. The van der Waals surface area contributed by atoms with Crippen molar-refractivity contribution in [3.63, 3.8) is 0 Å². The highest BCUT2D eigenvalue weighted by atomic mass is 32.1. The highest BCUT2D eigenvalue weighted by molar-refractivity contribution is 7.13. The standard InChI is InChI=1S/C20H28N4O2S/c1-4-6-11-24(3)14-17-9-7-16(8-10-17)13-21-23-20-22-18(15-27-20)12-19(25)26-5-2/h7-10,13,15H,4-6,11-12,14H2,1-3H3,(H,22,23). The molecule has 0 saturated heterocycles. The van der Waals surface area contributed by atoms with Crippen LogP contribution in [0.3, 0.4) is 0 Å². The number of anilines is 1. The van der Waals surface area contributed by atoms with Crippen molar-refractivity contribution >= 4 is 28.7 Å². The van der Waals surface area contributed by atoms with Gasteiger partial charge in [0.05, 0.1) is 24.9 Å². The van der Waals surface area contributed by atoms with Crippen LogP contribution in [0, 0.1) is 0 Å². The van der Waals surface area contributed by atoms with Crippen LogP contribution in [0.2, 0.25) is 0 Å². The number of thiazole rings is 1. The summed E-state index contributed by atoms with van der Waals surface area (Å²) in [6.45, 7) is 6.46. The van der Waals surface area contributed by atoms with Crippen LogP contribution in [0.15, 0.2) is 34.7 Å². The van der Waals surface area contributed by atoms with E-state index in [0.29, 0.717) is 17.4 Å². The molecule has 0 aliphatic heterocycles. The summed E-state index contributed by atoms with van der Waals surface area (Å²) in [6, 6.07) is 8.37. The first-order chi connectivity index (χ1) is 13.1. The summed E-state index contributed by atoms with van der Waals surface area (Å²) in [5.41, 5.74) is 5.91. The number of nitrogens with zero attached hydrogens (tertiary/aromatic N) is 3. The molecule has 146 valence electrons. The van der Waals surface area contributed by atoms with Gasteiger partial charge in [-0.1, -0.05) is 37.6 Å². The molecule has 1 aromatic carbocycles. The SMILES string of the molecule is CCCCN(C)Cc1ccc(C=NNc2nc(CC(=O)OCC)cs2)cc1. The zero-order valence-corrected chi connectivity index (χ0v) is 17.1. The van der Waals surface area contributed by atoms with Gasteiger partial charge in [-0.15, -0.1) is 11.3 Å². The zero-order valence-electron chi connectivity index (χ0n) is 16.3. The molecule has 0 bridgehead atoms. The van der Waals surface area contributed by atoms with Crippen LogP contribution >= 0.6 is 11.3 Å². The van der Waals surface area contributed by atoms with Gasteiger partial charge in [-0.25, -0.2) is 4.98 Å². The highest BCUT2D eigenvalue weighted by Crippen LogP contribution is 2.16. The molecule has 0 fully saturated rings. The summed E-state index contributed by atoms with van der Waals surface area (Å²) in [7, 11) is 2.15. The smallest absolute Gasteiger partial charge is 0.311 e. The van der Waals surface area contributed by atoms with E-state index < -0.39 is 0 Å². The van der Waals surface area contributed by atoms with Gasteiger partial charge in [0.1, 0.15) is 0 Å². The molecule has 1 aromatic heterocycles.